The number of hydrogen-bond acceptors (Lipinski definition) is 1. The van der Waals surface area contributed by atoms with Crippen molar-refractivity contribution >= 4 is 31.8 Å². The van der Waals surface area contributed by atoms with E-state index in [1.165, 1.54) is 5.69 Å². The molecule has 0 unspecified atom stereocenters. The first-order valence-electron chi connectivity index (χ1n) is 2.45. The minimum absolute atomic E-state index is 0.849. The Balaban J connectivity index is 2.83. The summed E-state index contributed by atoms with van der Waals surface area (Å²) in [7, 11) is 0. The van der Waals surface area contributed by atoms with Crippen molar-refractivity contribution < 1.29 is 0 Å². The number of rotatable bonds is 1. The van der Waals surface area contributed by atoms with E-state index in [0.717, 1.165) is 26.1 Å². The minimum atomic E-state index is 0.849. The van der Waals surface area contributed by atoms with Crippen molar-refractivity contribution in [2.45, 2.75) is 0 Å². The molecule has 0 saturated heterocycles. The van der Waals surface area contributed by atoms with Crippen LogP contribution in [-0.2, 0) is 0 Å². The molecule has 0 heterocycles. The summed E-state index contributed by atoms with van der Waals surface area (Å²) < 4.78 is 3.19. The van der Waals surface area contributed by atoms with Gasteiger partial charge < -0.3 is 0 Å². The maximum atomic E-state index is 3.19. The van der Waals surface area contributed by atoms with E-state index in [-0.39, 0.29) is 0 Å². The molecule has 0 aliphatic rings. The molecule has 1 nitrogen and oxygen atoms in total. The van der Waals surface area contributed by atoms with Crippen LogP contribution in [0.5, 0.6) is 0 Å². The summed E-state index contributed by atoms with van der Waals surface area (Å²) in [5.74, 6) is 0. The average Bonchev–Trinajstić information content (AvgIpc) is 1.90. The third-order valence-corrected chi connectivity index (χ3v) is 2.24. The second-order valence-electron chi connectivity index (χ2n) is 1.51. The van der Waals surface area contributed by atoms with Crippen LogP contribution in [0.15, 0.2) is 30.3 Å². The van der Waals surface area contributed by atoms with Gasteiger partial charge in [0.1, 0.15) is 0 Å². The van der Waals surface area contributed by atoms with Crippen molar-refractivity contribution in [2.24, 2.45) is 0 Å². The van der Waals surface area contributed by atoms with Crippen molar-refractivity contribution in [3.8, 4) is 0 Å². The average molecular weight is 297 g/mol. The van der Waals surface area contributed by atoms with Crippen LogP contribution in [0, 0.1) is 0 Å². The van der Waals surface area contributed by atoms with Crippen molar-refractivity contribution in [1.82, 2.24) is 0 Å². The normalized spacial score (nSPS) is 8.38. The molecule has 0 atom stereocenters. The van der Waals surface area contributed by atoms with Crippen LogP contribution in [0.4, 0.5) is 5.69 Å². The third-order valence-electron chi connectivity index (χ3n) is 0.940. The first-order valence-corrected chi connectivity index (χ1v) is 4.69. The zero-order valence-corrected chi connectivity index (χ0v) is 8.95. The van der Waals surface area contributed by atoms with E-state index in [1.807, 2.05) is 18.2 Å². The molecule has 0 aromatic heterocycles. The number of benzene rings is 1. The molecule has 1 aromatic carbocycles. The second-order valence-corrected chi connectivity index (χ2v) is 2.63. The molecular weight excluding hydrogens is 290 g/mol. The van der Waals surface area contributed by atoms with E-state index < -0.39 is 0 Å². The molecule has 1 aromatic rings. The van der Waals surface area contributed by atoms with E-state index in [2.05, 4.69) is 15.3 Å². The summed E-state index contributed by atoms with van der Waals surface area (Å²) in [4.78, 5) is 0. The van der Waals surface area contributed by atoms with Crippen molar-refractivity contribution in [1.29, 1.82) is 0 Å². The first kappa shape index (κ1) is 6.07. The number of hydrogen-bond donors (Lipinski definition) is 1. The van der Waals surface area contributed by atoms with Crippen molar-refractivity contribution in [2.75, 3.05) is 3.13 Å². The Kier molecular flexibility index (Phi) is 2.33. The monoisotopic (exact) mass is 297 g/mol. The van der Waals surface area contributed by atoms with Gasteiger partial charge in [0.2, 0.25) is 0 Å². The second kappa shape index (κ2) is 3.07. The molecular formula is C6H6NTl. The van der Waals surface area contributed by atoms with E-state index in [0.29, 0.717) is 0 Å². The summed E-state index contributed by atoms with van der Waals surface area (Å²) in [6.07, 6.45) is 0. The van der Waals surface area contributed by atoms with Gasteiger partial charge in [-0.25, -0.2) is 0 Å². The SMILES string of the molecule is [Tl][NH]c1ccccc1. The molecule has 0 saturated carbocycles. The number of para-hydroxylation sites is 1. The molecule has 0 aliphatic heterocycles. The zero-order valence-electron chi connectivity index (χ0n) is 4.46. The Morgan fingerprint density at radius 1 is 1.12 bits per heavy atom. The van der Waals surface area contributed by atoms with Crippen LogP contribution in [0.1, 0.15) is 0 Å². The molecule has 0 bridgehead atoms. The molecule has 0 spiro atoms. The van der Waals surface area contributed by atoms with Crippen molar-refractivity contribution in [3.05, 3.63) is 30.3 Å². The van der Waals surface area contributed by atoms with E-state index in [9.17, 15) is 0 Å². The molecule has 38 valence electrons. The van der Waals surface area contributed by atoms with Crippen molar-refractivity contribution in [3.63, 3.8) is 0 Å². The Hall–Kier alpha value is -0.0579. The number of nitrogens with one attached hydrogen (secondary N) is 1. The first-order chi connectivity index (χ1) is 3.93. The van der Waals surface area contributed by atoms with E-state index in [4.69, 9.17) is 0 Å². The van der Waals surface area contributed by atoms with Gasteiger partial charge in [0.25, 0.3) is 0 Å². The van der Waals surface area contributed by atoms with E-state index in [1.54, 1.807) is 0 Å². The van der Waals surface area contributed by atoms with Gasteiger partial charge in [0, 0.05) is 0 Å². The summed E-state index contributed by atoms with van der Waals surface area (Å²) in [6.45, 7) is 0. The van der Waals surface area contributed by atoms with Crippen LogP contribution in [0.2, 0.25) is 0 Å². The van der Waals surface area contributed by atoms with Crippen LogP contribution in [0.3, 0.4) is 0 Å². The molecule has 0 fully saturated rings. The fraction of sp³-hybridized carbons (Fsp3) is 0. The Morgan fingerprint density at radius 2 is 1.75 bits per heavy atom. The summed E-state index contributed by atoms with van der Waals surface area (Å²) in [6, 6.07) is 10.2. The van der Waals surface area contributed by atoms with E-state index >= 15 is 0 Å². The quantitative estimate of drug-likeness (QED) is 0.768. The van der Waals surface area contributed by atoms with Crippen LogP contribution < -0.4 is 3.13 Å². The third kappa shape index (κ3) is 1.47. The van der Waals surface area contributed by atoms with Gasteiger partial charge in [-0.1, -0.05) is 0 Å². The van der Waals surface area contributed by atoms with Gasteiger partial charge in [-0.15, -0.1) is 0 Å². The zero-order chi connectivity index (χ0) is 5.82. The predicted molar refractivity (Wildman–Crippen MR) is 35.8 cm³/mol. The topological polar surface area (TPSA) is 12.0 Å². The molecule has 0 aliphatic carbocycles. The van der Waals surface area contributed by atoms with Crippen LogP contribution in [-0.4, -0.2) is 26.1 Å². The summed E-state index contributed by atoms with van der Waals surface area (Å²) in [5.41, 5.74) is 1.23. The summed E-state index contributed by atoms with van der Waals surface area (Å²) in [5, 5.41) is 0. The molecule has 1 N–H and O–H groups in total. The van der Waals surface area contributed by atoms with Gasteiger partial charge >= 0.3 is 65.2 Å². The van der Waals surface area contributed by atoms with Gasteiger partial charge in [-0.2, -0.15) is 0 Å². The predicted octanol–water partition coefficient (Wildman–Crippen LogP) is 1.18. The van der Waals surface area contributed by atoms with Gasteiger partial charge in [0.15, 0.2) is 0 Å². The summed E-state index contributed by atoms with van der Waals surface area (Å²) >= 11 is 0.849. The molecule has 0 amide bonds. The molecule has 8 heavy (non-hydrogen) atoms. The molecule has 2 heteroatoms. The Morgan fingerprint density at radius 3 is 2.12 bits per heavy atom. The molecule has 0 radical (unpaired) electrons. The fourth-order valence-corrected chi connectivity index (χ4v) is 1.28. The van der Waals surface area contributed by atoms with Crippen LogP contribution in [0.25, 0.3) is 0 Å². The van der Waals surface area contributed by atoms with Gasteiger partial charge in [-0.05, 0) is 0 Å². The fourth-order valence-electron chi connectivity index (χ4n) is 0.534. The Labute approximate surface area is 65.2 Å². The standard InChI is InChI=1S/C6H6N.Tl/c7-6-4-2-1-3-5-6;/h1-5,7H;/q-1;+1. The molecule has 1 rings (SSSR count). The van der Waals surface area contributed by atoms with Gasteiger partial charge in [0.05, 0.1) is 0 Å². The van der Waals surface area contributed by atoms with Gasteiger partial charge in [-0.3, -0.25) is 0 Å². The number of anilines is 1. The Bertz CT molecular complexity index is 150. The van der Waals surface area contributed by atoms with Crippen LogP contribution >= 0.6 is 0 Å². The maximum absolute atomic E-state index is 3.19.